The second-order valence-electron chi connectivity index (χ2n) is 2.11. The molecule has 0 amide bonds. The first kappa shape index (κ1) is 11.7. The molecule has 0 radical (unpaired) electrons. The monoisotopic (exact) mass is 203 g/mol. The summed E-state index contributed by atoms with van der Waals surface area (Å²) < 4.78 is 5.09. The highest BCUT2D eigenvalue weighted by molar-refractivity contribution is 5.85. The van der Waals surface area contributed by atoms with Crippen molar-refractivity contribution in [1.82, 2.24) is 4.98 Å². The van der Waals surface area contributed by atoms with Crippen molar-refractivity contribution in [2.75, 3.05) is 6.61 Å². The second-order valence-corrected chi connectivity index (χ2v) is 2.11. The summed E-state index contributed by atoms with van der Waals surface area (Å²) in [6, 6.07) is 3.02. The molecule has 0 bridgehead atoms. The summed E-state index contributed by atoms with van der Waals surface area (Å²) in [6.45, 7) is 2.35. The van der Waals surface area contributed by atoms with Gasteiger partial charge in [0, 0.05) is 12.3 Å². The summed E-state index contributed by atoms with van der Waals surface area (Å²) in [4.78, 5) is 14.1. The minimum absolute atomic E-state index is 0. The van der Waals surface area contributed by atoms with E-state index < -0.39 is 5.97 Å². The Balaban J connectivity index is 0.00000144. The van der Waals surface area contributed by atoms with Crippen molar-refractivity contribution >= 4 is 18.4 Å². The van der Waals surface area contributed by atoms with Crippen LogP contribution < -0.4 is 4.74 Å². The second kappa shape index (κ2) is 5.37. The van der Waals surface area contributed by atoms with Gasteiger partial charge in [0.05, 0.1) is 6.61 Å². The lowest BCUT2D eigenvalue weighted by Gasteiger charge is -2.01. The molecule has 0 saturated carbocycles. The molecule has 1 aromatic rings. The molecular formula is C8H10ClNO3. The van der Waals surface area contributed by atoms with Gasteiger partial charge in [-0.05, 0) is 13.0 Å². The third-order valence-electron chi connectivity index (χ3n) is 1.26. The van der Waals surface area contributed by atoms with E-state index in [0.29, 0.717) is 12.4 Å². The van der Waals surface area contributed by atoms with E-state index in [2.05, 4.69) is 4.98 Å². The van der Waals surface area contributed by atoms with Crippen LogP contribution in [0.25, 0.3) is 0 Å². The average Bonchev–Trinajstić information content (AvgIpc) is 2.05. The van der Waals surface area contributed by atoms with Crippen molar-refractivity contribution in [3.63, 3.8) is 0 Å². The van der Waals surface area contributed by atoms with E-state index in [1.54, 1.807) is 6.07 Å². The molecule has 72 valence electrons. The fourth-order valence-electron chi connectivity index (χ4n) is 0.785. The first-order chi connectivity index (χ1) is 5.74. The van der Waals surface area contributed by atoms with E-state index in [-0.39, 0.29) is 18.1 Å². The number of hydrogen-bond donors (Lipinski definition) is 1. The molecule has 1 N–H and O–H groups in total. The van der Waals surface area contributed by atoms with E-state index >= 15 is 0 Å². The van der Waals surface area contributed by atoms with Gasteiger partial charge in [-0.1, -0.05) is 0 Å². The molecule has 0 aliphatic heterocycles. The van der Waals surface area contributed by atoms with Crippen LogP contribution in [0.2, 0.25) is 0 Å². The first-order valence-corrected chi connectivity index (χ1v) is 3.56. The normalized spacial score (nSPS) is 8.69. The number of hydrogen-bond acceptors (Lipinski definition) is 3. The summed E-state index contributed by atoms with van der Waals surface area (Å²) in [5.41, 5.74) is 0.000880. The first-order valence-electron chi connectivity index (χ1n) is 3.56. The lowest BCUT2D eigenvalue weighted by atomic mass is 10.3. The van der Waals surface area contributed by atoms with E-state index in [9.17, 15) is 4.79 Å². The van der Waals surface area contributed by atoms with Gasteiger partial charge in [0.1, 0.15) is 5.75 Å². The molecule has 1 rings (SSSR count). The average molecular weight is 204 g/mol. The third-order valence-corrected chi connectivity index (χ3v) is 1.26. The largest absolute Gasteiger partial charge is 0.494 e. The topological polar surface area (TPSA) is 59.4 Å². The Labute approximate surface area is 82.0 Å². The lowest BCUT2D eigenvalue weighted by molar-refractivity contribution is 0.0690. The van der Waals surface area contributed by atoms with Crippen molar-refractivity contribution < 1.29 is 14.6 Å². The Hall–Kier alpha value is -1.29. The van der Waals surface area contributed by atoms with Crippen LogP contribution in [0.3, 0.4) is 0 Å². The molecule has 0 aromatic carbocycles. The maximum absolute atomic E-state index is 10.4. The van der Waals surface area contributed by atoms with E-state index in [1.165, 1.54) is 12.3 Å². The minimum Gasteiger partial charge on any atom is -0.494 e. The Morgan fingerprint density at radius 2 is 2.38 bits per heavy atom. The smallest absolute Gasteiger partial charge is 0.354 e. The molecule has 0 fully saturated rings. The van der Waals surface area contributed by atoms with Gasteiger partial charge in [0.25, 0.3) is 0 Å². The number of ether oxygens (including phenoxy) is 1. The lowest BCUT2D eigenvalue weighted by Crippen LogP contribution is -2.00. The fraction of sp³-hybridized carbons (Fsp3) is 0.250. The number of pyridine rings is 1. The Bertz CT molecular complexity index is 290. The molecule has 0 saturated heterocycles. The highest BCUT2D eigenvalue weighted by Crippen LogP contribution is 2.10. The van der Waals surface area contributed by atoms with Gasteiger partial charge in [0.2, 0.25) is 0 Å². The Morgan fingerprint density at radius 1 is 1.69 bits per heavy atom. The van der Waals surface area contributed by atoms with Gasteiger partial charge < -0.3 is 9.84 Å². The maximum atomic E-state index is 10.4. The van der Waals surface area contributed by atoms with Crippen LogP contribution in [0.1, 0.15) is 17.4 Å². The van der Waals surface area contributed by atoms with Gasteiger partial charge in [0.15, 0.2) is 5.69 Å². The highest BCUT2D eigenvalue weighted by atomic mass is 35.5. The quantitative estimate of drug-likeness (QED) is 0.811. The predicted molar refractivity (Wildman–Crippen MR) is 49.6 cm³/mol. The van der Waals surface area contributed by atoms with Crippen molar-refractivity contribution in [2.24, 2.45) is 0 Å². The SMILES string of the molecule is CCOc1ccnc(C(=O)O)c1.Cl. The van der Waals surface area contributed by atoms with Crippen molar-refractivity contribution in [3.05, 3.63) is 24.0 Å². The van der Waals surface area contributed by atoms with Crippen molar-refractivity contribution in [1.29, 1.82) is 0 Å². The molecule has 5 heteroatoms. The predicted octanol–water partition coefficient (Wildman–Crippen LogP) is 1.60. The fourth-order valence-corrected chi connectivity index (χ4v) is 0.785. The van der Waals surface area contributed by atoms with Crippen LogP contribution in [0, 0.1) is 0 Å². The number of aromatic carboxylic acids is 1. The van der Waals surface area contributed by atoms with Gasteiger partial charge in [-0.3, -0.25) is 0 Å². The Morgan fingerprint density at radius 3 is 2.92 bits per heavy atom. The Kier molecular flexibility index (Phi) is 4.84. The molecule has 0 aliphatic rings. The summed E-state index contributed by atoms with van der Waals surface area (Å²) in [5.74, 6) is -0.513. The van der Waals surface area contributed by atoms with Gasteiger partial charge in [-0.2, -0.15) is 0 Å². The van der Waals surface area contributed by atoms with E-state index in [4.69, 9.17) is 9.84 Å². The molecule has 0 spiro atoms. The molecule has 0 aliphatic carbocycles. The summed E-state index contributed by atoms with van der Waals surface area (Å²) in [6.07, 6.45) is 1.41. The molecule has 0 atom stereocenters. The number of halogens is 1. The van der Waals surface area contributed by atoms with Gasteiger partial charge >= 0.3 is 5.97 Å². The summed E-state index contributed by atoms with van der Waals surface area (Å²) in [5, 5.41) is 8.56. The van der Waals surface area contributed by atoms with Gasteiger partial charge in [-0.25, -0.2) is 9.78 Å². The zero-order chi connectivity index (χ0) is 8.97. The summed E-state index contributed by atoms with van der Waals surface area (Å²) in [7, 11) is 0. The standard InChI is InChI=1S/C8H9NO3.ClH/c1-2-12-6-3-4-9-7(5-6)8(10)11;/h3-5H,2H2,1H3,(H,10,11);1H. The maximum Gasteiger partial charge on any atom is 0.354 e. The number of rotatable bonds is 3. The molecule has 0 unspecified atom stereocenters. The van der Waals surface area contributed by atoms with Crippen molar-refractivity contribution in [3.8, 4) is 5.75 Å². The third kappa shape index (κ3) is 3.29. The number of carboxylic acids is 1. The van der Waals surface area contributed by atoms with Crippen LogP contribution in [-0.2, 0) is 0 Å². The molecule has 1 aromatic heterocycles. The minimum atomic E-state index is -1.04. The van der Waals surface area contributed by atoms with E-state index in [0.717, 1.165) is 0 Å². The van der Waals surface area contributed by atoms with E-state index in [1.807, 2.05) is 6.92 Å². The molecule has 4 nitrogen and oxygen atoms in total. The number of carboxylic acid groups (broad SMARTS) is 1. The van der Waals surface area contributed by atoms with Crippen LogP contribution >= 0.6 is 12.4 Å². The number of carbonyl (C=O) groups is 1. The zero-order valence-electron chi connectivity index (χ0n) is 7.06. The van der Waals surface area contributed by atoms with Crippen LogP contribution in [0.4, 0.5) is 0 Å². The highest BCUT2D eigenvalue weighted by Gasteiger charge is 2.04. The van der Waals surface area contributed by atoms with Crippen LogP contribution in [0.5, 0.6) is 5.75 Å². The molecular weight excluding hydrogens is 194 g/mol. The zero-order valence-corrected chi connectivity index (χ0v) is 7.87. The van der Waals surface area contributed by atoms with Crippen LogP contribution in [0.15, 0.2) is 18.3 Å². The molecule has 13 heavy (non-hydrogen) atoms. The molecule has 1 heterocycles. The van der Waals surface area contributed by atoms with Crippen LogP contribution in [-0.4, -0.2) is 22.7 Å². The number of aromatic nitrogens is 1. The number of nitrogens with zero attached hydrogens (tertiary/aromatic N) is 1. The summed E-state index contributed by atoms with van der Waals surface area (Å²) >= 11 is 0. The van der Waals surface area contributed by atoms with Crippen molar-refractivity contribution in [2.45, 2.75) is 6.92 Å². The van der Waals surface area contributed by atoms with Gasteiger partial charge in [-0.15, -0.1) is 12.4 Å².